The maximum absolute atomic E-state index is 11.8. The Labute approximate surface area is 123 Å². The van der Waals surface area contributed by atoms with Crippen molar-refractivity contribution in [2.45, 2.75) is 12.8 Å². The summed E-state index contributed by atoms with van der Waals surface area (Å²) in [6.45, 7) is 0.387. The highest BCUT2D eigenvalue weighted by atomic mass is 35.5. The van der Waals surface area contributed by atoms with Crippen LogP contribution in [-0.4, -0.2) is 44.1 Å². The first-order valence-corrected chi connectivity index (χ1v) is 6.60. The van der Waals surface area contributed by atoms with Gasteiger partial charge in [-0.25, -0.2) is 0 Å². The van der Waals surface area contributed by atoms with Crippen LogP contribution in [0, 0.1) is 0 Å². The number of hydrogen-bond donors (Lipinski definition) is 0. The van der Waals surface area contributed by atoms with Crippen molar-refractivity contribution in [3.8, 4) is 5.75 Å². The van der Waals surface area contributed by atoms with Crippen LogP contribution in [0.2, 0.25) is 5.02 Å². The Morgan fingerprint density at radius 3 is 2.65 bits per heavy atom. The van der Waals surface area contributed by atoms with Gasteiger partial charge in [-0.15, -0.1) is 0 Å². The molecule has 0 saturated heterocycles. The summed E-state index contributed by atoms with van der Waals surface area (Å²) < 4.78 is 9.88. The maximum Gasteiger partial charge on any atom is 0.305 e. The molecule has 0 atom stereocenters. The predicted octanol–water partition coefficient (Wildman–Crippen LogP) is 2.13. The van der Waals surface area contributed by atoms with Gasteiger partial charge in [-0.3, -0.25) is 9.59 Å². The number of hydrogen-bond acceptors (Lipinski definition) is 4. The zero-order chi connectivity index (χ0) is 15.0. The van der Waals surface area contributed by atoms with Crippen LogP contribution in [0.25, 0.3) is 0 Å². The van der Waals surface area contributed by atoms with Crippen LogP contribution in [0.15, 0.2) is 24.3 Å². The predicted molar refractivity (Wildman–Crippen MR) is 75.8 cm³/mol. The molecule has 0 aliphatic rings. The van der Waals surface area contributed by atoms with Crippen LogP contribution in [0.4, 0.5) is 0 Å². The molecule has 0 radical (unpaired) electrons. The Hall–Kier alpha value is -1.75. The van der Waals surface area contributed by atoms with E-state index in [1.807, 2.05) is 0 Å². The zero-order valence-corrected chi connectivity index (χ0v) is 12.4. The number of nitrogens with zero attached hydrogens (tertiary/aromatic N) is 1. The van der Waals surface area contributed by atoms with Crippen LogP contribution in [0.5, 0.6) is 5.75 Å². The fourth-order valence-electron chi connectivity index (χ4n) is 1.50. The molecule has 1 rings (SSSR count). The van der Waals surface area contributed by atoms with Gasteiger partial charge in [0.25, 0.3) is 5.91 Å². The summed E-state index contributed by atoms with van der Waals surface area (Å²) >= 11 is 5.92. The van der Waals surface area contributed by atoms with Gasteiger partial charge in [0.15, 0.2) is 6.61 Å². The third-order valence-corrected chi connectivity index (χ3v) is 3.03. The Morgan fingerprint density at radius 1 is 1.30 bits per heavy atom. The van der Waals surface area contributed by atoms with Crippen LogP contribution in [-0.2, 0) is 14.3 Å². The lowest BCUT2D eigenvalue weighted by Gasteiger charge is -2.17. The number of rotatable bonds is 7. The largest absolute Gasteiger partial charge is 0.482 e. The number of halogens is 1. The van der Waals surface area contributed by atoms with Gasteiger partial charge in [-0.05, 0) is 18.6 Å². The molecule has 5 nitrogen and oxygen atoms in total. The Balaban J connectivity index is 2.31. The number of para-hydroxylation sites is 1. The molecular weight excluding hydrogens is 282 g/mol. The summed E-state index contributed by atoms with van der Waals surface area (Å²) in [7, 11) is 3.00. The molecular formula is C14H18ClNO4. The second-order valence-corrected chi connectivity index (χ2v) is 4.62. The van der Waals surface area contributed by atoms with E-state index in [2.05, 4.69) is 4.74 Å². The van der Waals surface area contributed by atoms with E-state index in [1.54, 1.807) is 31.3 Å². The molecule has 0 heterocycles. The van der Waals surface area contributed by atoms with E-state index in [0.717, 1.165) is 0 Å². The van der Waals surface area contributed by atoms with Gasteiger partial charge >= 0.3 is 5.97 Å². The number of methoxy groups -OCH3 is 1. The van der Waals surface area contributed by atoms with E-state index >= 15 is 0 Å². The molecule has 1 aromatic rings. The van der Waals surface area contributed by atoms with Crippen LogP contribution >= 0.6 is 11.6 Å². The Morgan fingerprint density at radius 2 is 2.00 bits per heavy atom. The lowest BCUT2D eigenvalue weighted by atomic mass is 10.3. The topological polar surface area (TPSA) is 55.8 Å². The molecule has 0 N–H and O–H groups in total. The van der Waals surface area contributed by atoms with Crippen molar-refractivity contribution in [2.24, 2.45) is 0 Å². The molecule has 20 heavy (non-hydrogen) atoms. The molecule has 1 amide bonds. The lowest BCUT2D eigenvalue weighted by Crippen LogP contribution is -2.32. The van der Waals surface area contributed by atoms with Crippen molar-refractivity contribution in [1.29, 1.82) is 0 Å². The van der Waals surface area contributed by atoms with Crippen LogP contribution in [0.1, 0.15) is 12.8 Å². The van der Waals surface area contributed by atoms with Gasteiger partial charge in [-0.2, -0.15) is 0 Å². The highest BCUT2D eigenvalue weighted by Gasteiger charge is 2.11. The molecule has 1 aromatic carbocycles. The van der Waals surface area contributed by atoms with Crippen molar-refractivity contribution in [3.05, 3.63) is 29.3 Å². The van der Waals surface area contributed by atoms with E-state index in [-0.39, 0.29) is 18.5 Å². The quantitative estimate of drug-likeness (QED) is 0.724. The van der Waals surface area contributed by atoms with Gasteiger partial charge in [0, 0.05) is 20.0 Å². The maximum atomic E-state index is 11.8. The third kappa shape index (κ3) is 5.48. The molecule has 0 fully saturated rings. The van der Waals surface area contributed by atoms with Crippen molar-refractivity contribution >= 4 is 23.5 Å². The third-order valence-electron chi connectivity index (χ3n) is 2.72. The number of esters is 1. The molecule has 110 valence electrons. The van der Waals surface area contributed by atoms with Crippen molar-refractivity contribution in [3.63, 3.8) is 0 Å². The number of likely N-dealkylation sites (N-methyl/N-ethyl adjacent to an activating group) is 1. The highest BCUT2D eigenvalue weighted by molar-refractivity contribution is 6.32. The van der Waals surface area contributed by atoms with Crippen LogP contribution < -0.4 is 4.74 Å². The van der Waals surface area contributed by atoms with E-state index in [9.17, 15) is 9.59 Å². The van der Waals surface area contributed by atoms with E-state index in [4.69, 9.17) is 16.3 Å². The molecule has 0 saturated carbocycles. The fourth-order valence-corrected chi connectivity index (χ4v) is 1.69. The van der Waals surface area contributed by atoms with Crippen molar-refractivity contribution < 1.29 is 19.1 Å². The average molecular weight is 300 g/mol. The summed E-state index contributed by atoms with van der Waals surface area (Å²) in [6, 6.07) is 6.97. The van der Waals surface area contributed by atoms with Gasteiger partial charge in [0.1, 0.15) is 5.75 Å². The average Bonchev–Trinajstić information content (AvgIpc) is 2.45. The monoisotopic (exact) mass is 299 g/mol. The van der Waals surface area contributed by atoms with Crippen LogP contribution in [0.3, 0.4) is 0 Å². The summed E-state index contributed by atoms with van der Waals surface area (Å²) in [5.74, 6) is 0.0263. The van der Waals surface area contributed by atoms with E-state index < -0.39 is 0 Å². The second kappa shape index (κ2) is 8.43. The van der Waals surface area contributed by atoms with Crippen molar-refractivity contribution in [2.75, 3.05) is 27.3 Å². The molecule has 0 bridgehead atoms. The highest BCUT2D eigenvalue weighted by Crippen LogP contribution is 2.22. The normalized spacial score (nSPS) is 9.95. The standard InChI is InChI=1S/C14H18ClNO4/c1-16(9-5-8-14(18)19-2)13(17)10-20-12-7-4-3-6-11(12)15/h3-4,6-7H,5,8-10H2,1-2H3. The first-order chi connectivity index (χ1) is 9.54. The SMILES string of the molecule is COC(=O)CCCN(C)C(=O)COc1ccccc1Cl. The van der Waals surface area contributed by atoms with E-state index in [0.29, 0.717) is 30.2 Å². The van der Waals surface area contributed by atoms with Gasteiger partial charge < -0.3 is 14.4 Å². The minimum Gasteiger partial charge on any atom is -0.482 e. The molecule has 0 aromatic heterocycles. The molecule has 0 spiro atoms. The summed E-state index contributed by atoms with van der Waals surface area (Å²) in [5.41, 5.74) is 0. The van der Waals surface area contributed by atoms with Gasteiger partial charge in [-0.1, -0.05) is 23.7 Å². The first-order valence-electron chi connectivity index (χ1n) is 6.22. The Kier molecular flexibility index (Phi) is 6.87. The summed E-state index contributed by atoms with van der Waals surface area (Å²) in [6.07, 6.45) is 0.848. The minimum absolute atomic E-state index is 0.0849. The molecule has 6 heteroatoms. The Bertz CT molecular complexity index is 464. The number of carbonyl (C=O) groups excluding carboxylic acids is 2. The first kappa shape index (κ1) is 16.3. The number of carbonyl (C=O) groups is 2. The number of ether oxygens (including phenoxy) is 2. The minimum atomic E-state index is -0.279. The molecule has 0 unspecified atom stereocenters. The summed E-state index contributed by atoms with van der Waals surface area (Å²) in [4.78, 5) is 24.3. The molecule has 0 aliphatic carbocycles. The van der Waals surface area contributed by atoms with E-state index in [1.165, 1.54) is 12.0 Å². The summed E-state index contributed by atoms with van der Waals surface area (Å²) in [5, 5.41) is 0.466. The number of benzene rings is 1. The fraction of sp³-hybridized carbons (Fsp3) is 0.429. The van der Waals surface area contributed by atoms with Gasteiger partial charge in [0.05, 0.1) is 12.1 Å². The van der Waals surface area contributed by atoms with Crippen molar-refractivity contribution in [1.82, 2.24) is 4.90 Å². The van der Waals surface area contributed by atoms with Gasteiger partial charge in [0.2, 0.25) is 0 Å². The molecule has 0 aliphatic heterocycles. The number of amides is 1. The lowest BCUT2D eigenvalue weighted by molar-refractivity contribution is -0.141. The zero-order valence-electron chi connectivity index (χ0n) is 11.6. The second-order valence-electron chi connectivity index (χ2n) is 4.21. The smallest absolute Gasteiger partial charge is 0.305 e.